The van der Waals surface area contributed by atoms with Gasteiger partial charge in [0.15, 0.2) is 0 Å². The molecule has 0 N–H and O–H groups in total. The molecule has 57 heavy (non-hydrogen) atoms. The van der Waals surface area contributed by atoms with Gasteiger partial charge in [-0.3, -0.25) is 0 Å². The summed E-state index contributed by atoms with van der Waals surface area (Å²) >= 11 is 0. The van der Waals surface area contributed by atoms with Crippen molar-refractivity contribution in [3.63, 3.8) is 0 Å². The van der Waals surface area contributed by atoms with E-state index in [0.29, 0.717) is 0 Å². The summed E-state index contributed by atoms with van der Waals surface area (Å²) in [6.07, 6.45) is 0. The van der Waals surface area contributed by atoms with Crippen LogP contribution in [0.25, 0.3) is 105 Å². The predicted molar refractivity (Wildman–Crippen MR) is 240 cm³/mol. The van der Waals surface area contributed by atoms with Crippen molar-refractivity contribution in [3.05, 3.63) is 212 Å². The fraction of sp³-hybridized carbons (Fsp3) is 0. The Morgan fingerprint density at radius 2 is 0.526 bits per heavy atom. The third-order valence-electron chi connectivity index (χ3n) is 11.9. The van der Waals surface area contributed by atoms with E-state index in [1.165, 1.54) is 87.7 Å². The smallest absolute Gasteiger partial charge is 0.0561 e. The molecule has 0 bridgehead atoms. The Hall–Kier alpha value is -7.62. The maximum Gasteiger partial charge on any atom is 0.0561 e. The first-order valence-corrected chi connectivity index (χ1v) is 19.6. The topological polar surface area (TPSA) is 14.8 Å². The standard InChI is InChI=1S/C54H35N3/c1-2-12-36(13-3-1)37-22-24-38(25-23-37)39-26-28-40(29-27-39)55-52-21-11-7-17-46(52)48-34-41(31-33-53(48)55)57-51-20-10-6-16-45(51)47-32-30-42(35-54(47)57)56-49-18-8-4-14-43(49)44-15-5-9-19-50(44)56/h1-35H. The predicted octanol–water partition coefficient (Wildman–Crippen LogP) is 14.3. The molecule has 0 unspecified atom stereocenters. The molecule has 0 atom stereocenters. The van der Waals surface area contributed by atoms with E-state index in [-0.39, 0.29) is 0 Å². The fourth-order valence-corrected chi connectivity index (χ4v) is 9.24. The van der Waals surface area contributed by atoms with Crippen molar-refractivity contribution in [1.29, 1.82) is 0 Å². The molecule has 3 heterocycles. The molecule has 0 fully saturated rings. The molecule has 0 saturated heterocycles. The van der Waals surface area contributed by atoms with Gasteiger partial charge in [-0.2, -0.15) is 0 Å². The fourth-order valence-electron chi connectivity index (χ4n) is 9.24. The molecule has 266 valence electrons. The van der Waals surface area contributed by atoms with E-state index < -0.39 is 0 Å². The van der Waals surface area contributed by atoms with E-state index in [0.717, 1.165) is 17.1 Å². The van der Waals surface area contributed by atoms with Gasteiger partial charge in [0.25, 0.3) is 0 Å². The molecule has 0 spiro atoms. The zero-order valence-electron chi connectivity index (χ0n) is 31.0. The highest BCUT2D eigenvalue weighted by atomic mass is 15.0. The zero-order valence-corrected chi connectivity index (χ0v) is 31.0. The third-order valence-corrected chi connectivity index (χ3v) is 11.9. The Labute approximate surface area is 329 Å². The van der Waals surface area contributed by atoms with E-state index in [9.17, 15) is 0 Å². The molecule has 0 radical (unpaired) electrons. The Bertz CT molecular complexity index is 3440. The van der Waals surface area contributed by atoms with Gasteiger partial charge < -0.3 is 13.7 Å². The molecule has 0 amide bonds. The highest BCUT2D eigenvalue weighted by Crippen LogP contribution is 2.39. The summed E-state index contributed by atoms with van der Waals surface area (Å²) in [6, 6.07) is 77.4. The summed E-state index contributed by atoms with van der Waals surface area (Å²) in [5.41, 5.74) is 15.5. The van der Waals surface area contributed by atoms with Gasteiger partial charge in [-0.15, -0.1) is 0 Å². The largest absolute Gasteiger partial charge is 0.309 e. The number of nitrogens with zero attached hydrogens (tertiary/aromatic N) is 3. The number of fused-ring (bicyclic) bond motifs is 9. The van der Waals surface area contributed by atoms with E-state index in [2.05, 4.69) is 226 Å². The maximum atomic E-state index is 2.45. The van der Waals surface area contributed by atoms with Crippen LogP contribution < -0.4 is 0 Å². The van der Waals surface area contributed by atoms with Gasteiger partial charge >= 0.3 is 0 Å². The minimum Gasteiger partial charge on any atom is -0.309 e. The average Bonchev–Trinajstić information content (AvgIpc) is 3.92. The Balaban J connectivity index is 1.00. The molecule has 12 rings (SSSR count). The van der Waals surface area contributed by atoms with Crippen LogP contribution in [0.4, 0.5) is 0 Å². The third kappa shape index (κ3) is 4.86. The van der Waals surface area contributed by atoms with Crippen LogP contribution in [0.1, 0.15) is 0 Å². The minimum absolute atomic E-state index is 1.14. The van der Waals surface area contributed by atoms with Gasteiger partial charge in [0.05, 0.1) is 33.1 Å². The van der Waals surface area contributed by atoms with Crippen LogP contribution in [-0.2, 0) is 0 Å². The Morgan fingerprint density at radius 1 is 0.193 bits per heavy atom. The first-order valence-electron chi connectivity index (χ1n) is 19.6. The molecule has 9 aromatic carbocycles. The minimum atomic E-state index is 1.14. The number of hydrogen-bond donors (Lipinski definition) is 0. The van der Waals surface area contributed by atoms with Crippen molar-refractivity contribution in [2.45, 2.75) is 0 Å². The average molecular weight is 726 g/mol. The first kappa shape index (κ1) is 31.7. The summed E-state index contributed by atoms with van der Waals surface area (Å²) < 4.78 is 7.27. The summed E-state index contributed by atoms with van der Waals surface area (Å²) in [5.74, 6) is 0. The number of benzene rings is 9. The molecule has 0 aliphatic heterocycles. The van der Waals surface area contributed by atoms with Crippen LogP contribution in [0.15, 0.2) is 212 Å². The van der Waals surface area contributed by atoms with Crippen LogP contribution in [0, 0.1) is 0 Å². The van der Waals surface area contributed by atoms with Crippen LogP contribution in [-0.4, -0.2) is 13.7 Å². The quantitative estimate of drug-likeness (QED) is 0.168. The van der Waals surface area contributed by atoms with Crippen molar-refractivity contribution in [2.75, 3.05) is 0 Å². The van der Waals surface area contributed by atoms with Gasteiger partial charge in [-0.05, 0) is 89.0 Å². The summed E-state index contributed by atoms with van der Waals surface area (Å²) in [4.78, 5) is 0. The molecular formula is C54H35N3. The Morgan fingerprint density at radius 3 is 1.07 bits per heavy atom. The molecule has 0 aliphatic rings. The van der Waals surface area contributed by atoms with E-state index >= 15 is 0 Å². The lowest BCUT2D eigenvalue weighted by atomic mass is 10.0. The van der Waals surface area contributed by atoms with Gasteiger partial charge in [0.1, 0.15) is 0 Å². The summed E-state index contributed by atoms with van der Waals surface area (Å²) in [7, 11) is 0. The lowest BCUT2D eigenvalue weighted by molar-refractivity contribution is 1.15. The highest BCUT2D eigenvalue weighted by molar-refractivity contribution is 6.13. The van der Waals surface area contributed by atoms with Gasteiger partial charge in [0, 0.05) is 49.4 Å². The lowest BCUT2D eigenvalue weighted by Crippen LogP contribution is -1.97. The summed E-state index contributed by atoms with van der Waals surface area (Å²) in [5, 5.41) is 7.49. The first-order chi connectivity index (χ1) is 28.3. The van der Waals surface area contributed by atoms with E-state index in [1.54, 1.807) is 0 Å². The molecule has 0 saturated carbocycles. The molecular weight excluding hydrogens is 691 g/mol. The molecule has 3 nitrogen and oxygen atoms in total. The van der Waals surface area contributed by atoms with Gasteiger partial charge in [-0.1, -0.05) is 146 Å². The van der Waals surface area contributed by atoms with Crippen molar-refractivity contribution in [2.24, 2.45) is 0 Å². The Kier molecular flexibility index (Phi) is 6.93. The van der Waals surface area contributed by atoms with E-state index in [1.807, 2.05) is 0 Å². The monoisotopic (exact) mass is 725 g/mol. The SMILES string of the molecule is c1ccc(-c2ccc(-c3ccc(-n4c5ccccc5c5cc(-n6c7ccccc7c7ccc(-n8c9ccccc9c9ccccc98)cc76)ccc54)cc3)cc2)cc1. The normalized spacial score (nSPS) is 11.9. The van der Waals surface area contributed by atoms with E-state index in [4.69, 9.17) is 0 Å². The number of aromatic nitrogens is 3. The molecule has 12 aromatic rings. The number of para-hydroxylation sites is 4. The van der Waals surface area contributed by atoms with Crippen molar-refractivity contribution >= 4 is 65.4 Å². The van der Waals surface area contributed by atoms with Crippen LogP contribution in [0.2, 0.25) is 0 Å². The highest BCUT2D eigenvalue weighted by Gasteiger charge is 2.18. The molecule has 3 heteroatoms. The van der Waals surface area contributed by atoms with Crippen molar-refractivity contribution in [1.82, 2.24) is 13.7 Å². The van der Waals surface area contributed by atoms with Crippen LogP contribution >= 0.6 is 0 Å². The van der Waals surface area contributed by atoms with Crippen molar-refractivity contribution in [3.8, 4) is 39.3 Å². The second kappa shape index (κ2) is 12.5. The van der Waals surface area contributed by atoms with Crippen LogP contribution in [0.5, 0.6) is 0 Å². The second-order valence-corrected chi connectivity index (χ2v) is 15.0. The number of rotatable bonds is 5. The molecule has 0 aliphatic carbocycles. The maximum absolute atomic E-state index is 2.45. The number of hydrogen-bond acceptors (Lipinski definition) is 0. The van der Waals surface area contributed by atoms with Crippen molar-refractivity contribution < 1.29 is 0 Å². The summed E-state index contributed by atoms with van der Waals surface area (Å²) in [6.45, 7) is 0. The van der Waals surface area contributed by atoms with Gasteiger partial charge in [-0.25, -0.2) is 0 Å². The lowest BCUT2D eigenvalue weighted by Gasteiger charge is -2.12. The zero-order chi connectivity index (χ0) is 37.5. The molecule has 3 aromatic heterocycles. The van der Waals surface area contributed by atoms with Gasteiger partial charge in [0.2, 0.25) is 0 Å². The second-order valence-electron chi connectivity index (χ2n) is 15.0. The van der Waals surface area contributed by atoms with Crippen LogP contribution in [0.3, 0.4) is 0 Å².